The van der Waals surface area contributed by atoms with Crippen LogP contribution in [0.3, 0.4) is 0 Å². The van der Waals surface area contributed by atoms with Crippen LogP contribution in [0, 0.1) is 24.0 Å². The van der Waals surface area contributed by atoms with Crippen molar-refractivity contribution >= 4 is 34.6 Å². The first-order valence-corrected chi connectivity index (χ1v) is 7.80. The molecule has 8 nitrogen and oxygen atoms in total. The van der Waals surface area contributed by atoms with E-state index in [1.165, 1.54) is 36.5 Å². The summed E-state index contributed by atoms with van der Waals surface area (Å²) in [5.41, 5.74) is 0.340. The Morgan fingerprint density at radius 3 is 2.58 bits per heavy atom. The van der Waals surface area contributed by atoms with Crippen LogP contribution in [-0.2, 0) is 9.53 Å². The van der Waals surface area contributed by atoms with Crippen LogP contribution in [-0.4, -0.2) is 27.9 Å². The average molecular weight is 349 g/mol. The summed E-state index contributed by atoms with van der Waals surface area (Å²) >= 11 is 1.18. The number of rotatable bonds is 5. The average Bonchev–Trinajstić information content (AvgIpc) is 2.86. The number of amides is 1. The third-order valence-corrected chi connectivity index (χ3v) is 4.15. The summed E-state index contributed by atoms with van der Waals surface area (Å²) in [4.78, 5) is 39.0. The van der Waals surface area contributed by atoms with Crippen molar-refractivity contribution in [3.05, 3.63) is 50.0 Å². The molecule has 0 bridgehead atoms. The normalized spacial score (nSPS) is 11.6. The maximum atomic E-state index is 12.1. The van der Waals surface area contributed by atoms with Gasteiger partial charge in [0.05, 0.1) is 15.6 Å². The van der Waals surface area contributed by atoms with E-state index in [2.05, 4.69) is 10.3 Å². The number of aromatic nitrogens is 1. The zero-order valence-corrected chi connectivity index (χ0v) is 14.0. The number of anilines is 1. The van der Waals surface area contributed by atoms with E-state index >= 15 is 0 Å². The zero-order chi connectivity index (χ0) is 17.9. The Labute approximate surface area is 141 Å². The van der Waals surface area contributed by atoms with Crippen LogP contribution >= 0.6 is 11.3 Å². The van der Waals surface area contributed by atoms with E-state index in [0.29, 0.717) is 10.6 Å². The fraction of sp³-hybridized carbons (Fsp3) is 0.267. The van der Waals surface area contributed by atoms with Gasteiger partial charge in [-0.3, -0.25) is 14.9 Å². The van der Waals surface area contributed by atoms with Crippen LogP contribution in [0.5, 0.6) is 0 Å². The van der Waals surface area contributed by atoms with Gasteiger partial charge in [0.25, 0.3) is 11.6 Å². The molecular weight excluding hydrogens is 334 g/mol. The number of ether oxygens (including phenoxy) is 1. The van der Waals surface area contributed by atoms with Gasteiger partial charge in [-0.2, -0.15) is 0 Å². The van der Waals surface area contributed by atoms with E-state index in [4.69, 9.17) is 4.74 Å². The Hall–Kier alpha value is -2.81. The number of nitrogens with one attached hydrogen (secondary N) is 1. The van der Waals surface area contributed by atoms with Gasteiger partial charge < -0.3 is 10.1 Å². The highest BCUT2D eigenvalue weighted by atomic mass is 32.1. The number of aryl methyl sites for hydroxylation is 2. The standard InChI is InChI=1S/C15H15N3O5S/c1-8-13(24-10(3)16-8)15(20)23-9(2)14(19)17-11-6-4-5-7-12(11)18(21)22/h4-7,9H,1-3H3,(H,17,19)/t9-/m1/s1. The maximum absolute atomic E-state index is 12.1. The Morgan fingerprint density at radius 2 is 2.00 bits per heavy atom. The van der Waals surface area contributed by atoms with Crippen LogP contribution in [0.15, 0.2) is 24.3 Å². The first-order valence-electron chi connectivity index (χ1n) is 6.99. The Kier molecular flexibility index (Phi) is 5.24. The molecule has 0 aliphatic heterocycles. The predicted molar refractivity (Wildman–Crippen MR) is 88.2 cm³/mol. The number of thiazole rings is 1. The molecule has 2 aromatic rings. The predicted octanol–water partition coefficient (Wildman–Crippen LogP) is 2.85. The molecule has 1 atom stereocenters. The summed E-state index contributed by atoms with van der Waals surface area (Å²) in [5.74, 6) is -1.31. The van der Waals surface area contributed by atoms with Gasteiger partial charge in [-0.15, -0.1) is 11.3 Å². The third kappa shape index (κ3) is 3.93. The monoisotopic (exact) mass is 349 g/mol. The van der Waals surface area contributed by atoms with Gasteiger partial charge in [0.2, 0.25) is 0 Å². The molecule has 0 aliphatic carbocycles. The molecule has 0 aliphatic rings. The van der Waals surface area contributed by atoms with Gasteiger partial charge in [-0.1, -0.05) is 12.1 Å². The van der Waals surface area contributed by atoms with Crippen LogP contribution in [0.1, 0.15) is 27.3 Å². The van der Waals surface area contributed by atoms with E-state index < -0.39 is 22.9 Å². The van der Waals surface area contributed by atoms with Crippen molar-refractivity contribution in [1.29, 1.82) is 0 Å². The number of carbonyl (C=O) groups excluding carboxylic acids is 2. The number of esters is 1. The second-order valence-electron chi connectivity index (χ2n) is 4.96. The molecule has 0 radical (unpaired) electrons. The molecule has 1 aromatic carbocycles. The van der Waals surface area contributed by atoms with Gasteiger partial charge in [-0.25, -0.2) is 9.78 Å². The largest absolute Gasteiger partial charge is 0.448 e. The highest BCUT2D eigenvalue weighted by Crippen LogP contribution is 2.24. The Balaban J connectivity index is 2.06. The lowest BCUT2D eigenvalue weighted by atomic mass is 10.2. The molecule has 0 unspecified atom stereocenters. The van der Waals surface area contributed by atoms with E-state index in [0.717, 1.165) is 5.01 Å². The minimum atomic E-state index is -1.11. The van der Waals surface area contributed by atoms with E-state index in [-0.39, 0.29) is 11.4 Å². The minimum Gasteiger partial charge on any atom is -0.448 e. The molecule has 1 aromatic heterocycles. The first-order chi connectivity index (χ1) is 11.3. The number of hydrogen-bond acceptors (Lipinski definition) is 7. The van der Waals surface area contributed by atoms with Crippen molar-refractivity contribution in [2.24, 2.45) is 0 Å². The molecule has 0 saturated heterocycles. The van der Waals surface area contributed by atoms with Crippen molar-refractivity contribution in [2.75, 3.05) is 5.32 Å². The van der Waals surface area contributed by atoms with Gasteiger partial charge in [0, 0.05) is 6.07 Å². The molecule has 24 heavy (non-hydrogen) atoms. The summed E-state index contributed by atoms with van der Waals surface area (Å²) in [5, 5.41) is 14.1. The van der Waals surface area contributed by atoms with Crippen molar-refractivity contribution in [3.63, 3.8) is 0 Å². The SMILES string of the molecule is Cc1nc(C)c(C(=O)O[C@H](C)C(=O)Nc2ccccc2[N+](=O)[O-])s1. The number of carbonyl (C=O) groups is 2. The third-order valence-electron chi connectivity index (χ3n) is 3.10. The van der Waals surface area contributed by atoms with Crippen molar-refractivity contribution < 1.29 is 19.2 Å². The van der Waals surface area contributed by atoms with Crippen molar-refractivity contribution in [3.8, 4) is 0 Å². The Morgan fingerprint density at radius 1 is 1.33 bits per heavy atom. The molecule has 1 amide bonds. The summed E-state index contributed by atoms with van der Waals surface area (Å²) in [6.45, 7) is 4.84. The Bertz CT molecular complexity index is 802. The number of para-hydroxylation sites is 2. The van der Waals surface area contributed by atoms with Crippen molar-refractivity contribution in [1.82, 2.24) is 4.98 Å². The minimum absolute atomic E-state index is 0.0419. The molecule has 0 fully saturated rings. The molecule has 2 rings (SSSR count). The van der Waals surface area contributed by atoms with Crippen LogP contribution < -0.4 is 5.32 Å². The van der Waals surface area contributed by atoms with Gasteiger partial charge >= 0.3 is 5.97 Å². The topological polar surface area (TPSA) is 111 Å². The lowest BCUT2D eigenvalue weighted by molar-refractivity contribution is -0.383. The first kappa shape index (κ1) is 17.5. The summed E-state index contributed by atoms with van der Waals surface area (Å²) < 4.78 is 5.11. The van der Waals surface area contributed by atoms with Gasteiger partial charge in [0.1, 0.15) is 10.6 Å². The highest BCUT2D eigenvalue weighted by Gasteiger charge is 2.24. The summed E-state index contributed by atoms with van der Waals surface area (Å²) in [7, 11) is 0. The lowest BCUT2D eigenvalue weighted by Gasteiger charge is -2.13. The highest BCUT2D eigenvalue weighted by molar-refractivity contribution is 7.13. The smallest absolute Gasteiger partial charge is 0.351 e. The van der Waals surface area contributed by atoms with Gasteiger partial charge in [0.15, 0.2) is 6.10 Å². The molecule has 1 heterocycles. The van der Waals surface area contributed by atoms with E-state index in [1.807, 2.05) is 0 Å². The molecule has 0 saturated carbocycles. The second kappa shape index (κ2) is 7.18. The fourth-order valence-corrected chi connectivity index (χ4v) is 2.76. The van der Waals surface area contributed by atoms with Crippen LogP contribution in [0.25, 0.3) is 0 Å². The molecular formula is C15H15N3O5S. The van der Waals surface area contributed by atoms with E-state index in [9.17, 15) is 19.7 Å². The van der Waals surface area contributed by atoms with Gasteiger partial charge in [-0.05, 0) is 26.8 Å². The number of benzene rings is 1. The van der Waals surface area contributed by atoms with Crippen molar-refractivity contribution in [2.45, 2.75) is 26.9 Å². The fourth-order valence-electron chi connectivity index (χ4n) is 1.96. The van der Waals surface area contributed by atoms with E-state index in [1.54, 1.807) is 19.9 Å². The molecule has 0 spiro atoms. The lowest BCUT2D eigenvalue weighted by Crippen LogP contribution is -2.30. The second-order valence-corrected chi connectivity index (χ2v) is 6.16. The number of nitro groups is 1. The van der Waals surface area contributed by atoms with Crippen LogP contribution in [0.2, 0.25) is 0 Å². The summed E-state index contributed by atoms with van der Waals surface area (Å²) in [6.07, 6.45) is -1.11. The molecule has 126 valence electrons. The van der Waals surface area contributed by atoms with Crippen LogP contribution in [0.4, 0.5) is 11.4 Å². The molecule has 1 N–H and O–H groups in total. The zero-order valence-electron chi connectivity index (χ0n) is 13.2. The summed E-state index contributed by atoms with van der Waals surface area (Å²) in [6, 6.07) is 5.73. The number of nitrogens with zero attached hydrogens (tertiary/aromatic N) is 2. The number of nitro benzene ring substituents is 1. The number of hydrogen-bond donors (Lipinski definition) is 1. The maximum Gasteiger partial charge on any atom is 0.351 e. The molecule has 9 heteroatoms. The quantitative estimate of drug-likeness (QED) is 0.505.